The molecule has 3 rings (SSSR count). The zero-order chi connectivity index (χ0) is 16.9. The van der Waals surface area contributed by atoms with Gasteiger partial charge in [0.2, 0.25) is 0 Å². The third kappa shape index (κ3) is 3.43. The largest absolute Gasteiger partial charge is 0.507 e. The van der Waals surface area contributed by atoms with Crippen molar-refractivity contribution in [3.8, 4) is 22.8 Å². The second kappa shape index (κ2) is 7.48. The summed E-state index contributed by atoms with van der Waals surface area (Å²) >= 11 is 1.29. The Labute approximate surface area is 143 Å². The molecule has 0 saturated heterocycles. The zero-order valence-corrected chi connectivity index (χ0v) is 13.6. The predicted molar refractivity (Wildman–Crippen MR) is 92.3 cm³/mol. The highest BCUT2D eigenvalue weighted by atomic mass is 32.2. The molecule has 0 saturated carbocycles. The summed E-state index contributed by atoms with van der Waals surface area (Å²) < 4.78 is 1.82. The number of phenols is 1. The van der Waals surface area contributed by atoms with Gasteiger partial charge in [-0.2, -0.15) is 0 Å². The maximum atomic E-state index is 10.1. The van der Waals surface area contributed by atoms with E-state index in [1.54, 1.807) is 18.2 Å². The molecule has 7 heteroatoms. The maximum Gasteiger partial charge on any atom is 0.196 e. The minimum absolute atomic E-state index is 0.119. The van der Waals surface area contributed by atoms with Gasteiger partial charge in [-0.3, -0.25) is 4.57 Å². The van der Waals surface area contributed by atoms with Crippen LogP contribution >= 0.6 is 11.8 Å². The first-order valence-corrected chi connectivity index (χ1v) is 8.40. The van der Waals surface area contributed by atoms with E-state index in [2.05, 4.69) is 10.2 Å². The molecule has 0 spiro atoms. The van der Waals surface area contributed by atoms with Gasteiger partial charge in [-0.15, -0.1) is 10.2 Å². The molecule has 24 heavy (non-hydrogen) atoms. The average Bonchev–Trinajstić information content (AvgIpc) is 3.04. The maximum absolute atomic E-state index is 10.1. The summed E-state index contributed by atoms with van der Waals surface area (Å²) in [6, 6.07) is 16.5. The van der Waals surface area contributed by atoms with Crippen LogP contribution in [0.5, 0.6) is 5.75 Å². The summed E-state index contributed by atoms with van der Waals surface area (Å²) in [6.45, 7) is -0.307. The molecule has 0 radical (unpaired) electrons. The number of benzene rings is 2. The van der Waals surface area contributed by atoms with Crippen molar-refractivity contribution >= 4 is 11.8 Å². The van der Waals surface area contributed by atoms with Crippen LogP contribution < -0.4 is 0 Å². The molecule has 0 aliphatic rings. The highest BCUT2D eigenvalue weighted by Gasteiger charge is 2.19. The van der Waals surface area contributed by atoms with Crippen molar-refractivity contribution in [2.24, 2.45) is 0 Å². The lowest BCUT2D eigenvalue weighted by Gasteiger charge is -2.12. The van der Waals surface area contributed by atoms with Crippen LogP contribution in [0.4, 0.5) is 0 Å². The monoisotopic (exact) mass is 343 g/mol. The first-order valence-electron chi connectivity index (χ1n) is 7.41. The molecule has 1 aromatic heterocycles. The third-order valence-corrected chi connectivity index (χ3v) is 4.48. The molecule has 1 unspecified atom stereocenters. The summed E-state index contributed by atoms with van der Waals surface area (Å²) in [7, 11) is 0. The van der Waals surface area contributed by atoms with Crippen LogP contribution in [0.3, 0.4) is 0 Å². The number of para-hydroxylation sites is 2. The van der Waals surface area contributed by atoms with Gasteiger partial charge < -0.3 is 15.3 Å². The molecule has 3 N–H and O–H groups in total. The van der Waals surface area contributed by atoms with Gasteiger partial charge in [-0.25, -0.2) is 0 Å². The van der Waals surface area contributed by atoms with Crippen LogP contribution in [0, 0.1) is 0 Å². The van der Waals surface area contributed by atoms with E-state index in [1.807, 2.05) is 41.0 Å². The SMILES string of the molecule is OCC(O)CSc1nnc(-c2ccccc2O)n1-c1ccccc1. The minimum atomic E-state index is -0.829. The van der Waals surface area contributed by atoms with Crippen LogP contribution in [0.2, 0.25) is 0 Å². The lowest BCUT2D eigenvalue weighted by Crippen LogP contribution is -2.15. The van der Waals surface area contributed by atoms with Crippen molar-refractivity contribution in [2.75, 3.05) is 12.4 Å². The summed E-state index contributed by atoms with van der Waals surface area (Å²) in [4.78, 5) is 0. The Morgan fingerprint density at radius 2 is 1.71 bits per heavy atom. The number of rotatable bonds is 6. The molecule has 1 heterocycles. The van der Waals surface area contributed by atoms with Crippen molar-refractivity contribution in [3.63, 3.8) is 0 Å². The Kier molecular flexibility index (Phi) is 5.14. The molecule has 0 amide bonds. The molecule has 0 fully saturated rings. The van der Waals surface area contributed by atoms with Crippen molar-refractivity contribution in [3.05, 3.63) is 54.6 Å². The predicted octanol–water partition coefficient (Wildman–Crippen LogP) is 2.09. The lowest BCUT2D eigenvalue weighted by molar-refractivity contribution is 0.113. The van der Waals surface area contributed by atoms with E-state index in [0.717, 1.165) is 5.69 Å². The molecule has 3 aromatic rings. The van der Waals surface area contributed by atoms with E-state index in [9.17, 15) is 10.2 Å². The van der Waals surface area contributed by atoms with Crippen LogP contribution in [-0.4, -0.2) is 48.5 Å². The van der Waals surface area contributed by atoms with Gasteiger partial charge in [0.1, 0.15) is 5.75 Å². The van der Waals surface area contributed by atoms with Gasteiger partial charge in [-0.1, -0.05) is 42.1 Å². The van der Waals surface area contributed by atoms with Crippen LogP contribution in [0.25, 0.3) is 17.1 Å². The van der Waals surface area contributed by atoms with Crippen molar-refractivity contribution in [1.82, 2.24) is 14.8 Å². The first-order chi connectivity index (χ1) is 11.7. The zero-order valence-electron chi connectivity index (χ0n) is 12.8. The Balaban J connectivity index is 2.07. The average molecular weight is 343 g/mol. The standard InChI is InChI=1S/C17H17N3O3S/c21-10-13(22)11-24-17-19-18-16(14-8-4-5-9-15(14)23)20(17)12-6-2-1-3-7-12/h1-9,13,21-23H,10-11H2. The molecule has 0 aliphatic heterocycles. The van der Waals surface area contributed by atoms with Gasteiger partial charge in [0.15, 0.2) is 11.0 Å². The number of aliphatic hydroxyl groups excluding tert-OH is 2. The van der Waals surface area contributed by atoms with E-state index >= 15 is 0 Å². The Morgan fingerprint density at radius 1 is 1.00 bits per heavy atom. The number of hydrogen-bond donors (Lipinski definition) is 3. The number of aromatic nitrogens is 3. The number of phenolic OH excluding ortho intramolecular Hbond substituents is 1. The fraction of sp³-hybridized carbons (Fsp3) is 0.176. The van der Waals surface area contributed by atoms with E-state index in [4.69, 9.17) is 5.11 Å². The molecule has 6 nitrogen and oxygen atoms in total. The molecule has 0 aliphatic carbocycles. The quantitative estimate of drug-likeness (QED) is 0.594. The fourth-order valence-corrected chi connectivity index (χ4v) is 3.10. The number of aromatic hydroxyl groups is 1. The summed E-state index contributed by atoms with van der Waals surface area (Å²) in [5, 5.41) is 37.7. The van der Waals surface area contributed by atoms with Crippen LogP contribution in [0.1, 0.15) is 0 Å². The number of thioether (sulfide) groups is 1. The van der Waals surface area contributed by atoms with E-state index in [-0.39, 0.29) is 12.4 Å². The molecular formula is C17H17N3O3S. The smallest absolute Gasteiger partial charge is 0.196 e. The van der Waals surface area contributed by atoms with Gasteiger partial charge in [0, 0.05) is 11.4 Å². The van der Waals surface area contributed by atoms with Crippen molar-refractivity contribution < 1.29 is 15.3 Å². The van der Waals surface area contributed by atoms with Gasteiger partial charge >= 0.3 is 0 Å². The van der Waals surface area contributed by atoms with E-state index in [0.29, 0.717) is 22.3 Å². The number of nitrogens with zero attached hydrogens (tertiary/aromatic N) is 3. The minimum Gasteiger partial charge on any atom is -0.507 e. The Morgan fingerprint density at radius 3 is 2.42 bits per heavy atom. The fourth-order valence-electron chi connectivity index (χ4n) is 2.23. The van der Waals surface area contributed by atoms with Gasteiger partial charge in [-0.05, 0) is 24.3 Å². The highest BCUT2D eigenvalue weighted by molar-refractivity contribution is 7.99. The number of aliphatic hydroxyl groups is 2. The summed E-state index contributed by atoms with van der Waals surface area (Å²) in [5.74, 6) is 0.928. The summed E-state index contributed by atoms with van der Waals surface area (Å²) in [6.07, 6.45) is -0.829. The Bertz CT molecular complexity index is 808. The Hall–Kier alpha value is -2.35. The molecular weight excluding hydrogens is 326 g/mol. The second-order valence-corrected chi connectivity index (χ2v) is 6.13. The molecule has 124 valence electrons. The summed E-state index contributed by atoms with van der Waals surface area (Å²) in [5.41, 5.74) is 1.42. The molecule has 2 aromatic carbocycles. The van der Waals surface area contributed by atoms with E-state index < -0.39 is 6.10 Å². The normalized spacial score (nSPS) is 12.2. The van der Waals surface area contributed by atoms with Crippen molar-refractivity contribution in [1.29, 1.82) is 0 Å². The first kappa shape index (κ1) is 16.5. The highest BCUT2D eigenvalue weighted by Crippen LogP contribution is 2.32. The second-order valence-electron chi connectivity index (χ2n) is 5.14. The topological polar surface area (TPSA) is 91.4 Å². The lowest BCUT2D eigenvalue weighted by atomic mass is 10.2. The van der Waals surface area contributed by atoms with Crippen molar-refractivity contribution in [2.45, 2.75) is 11.3 Å². The molecule has 0 bridgehead atoms. The number of hydrogen-bond acceptors (Lipinski definition) is 6. The van der Waals surface area contributed by atoms with Crippen LogP contribution in [0.15, 0.2) is 59.8 Å². The molecule has 1 atom stereocenters. The van der Waals surface area contributed by atoms with Gasteiger partial charge in [0.25, 0.3) is 0 Å². The van der Waals surface area contributed by atoms with Crippen LogP contribution in [-0.2, 0) is 0 Å². The van der Waals surface area contributed by atoms with Gasteiger partial charge in [0.05, 0.1) is 18.3 Å². The third-order valence-electron chi connectivity index (χ3n) is 3.41. The van der Waals surface area contributed by atoms with E-state index in [1.165, 1.54) is 11.8 Å².